The van der Waals surface area contributed by atoms with Crippen LogP contribution in [0.5, 0.6) is 0 Å². The summed E-state index contributed by atoms with van der Waals surface area (Å²) in [5.41, 5.74) is 6.22. The number of pyridine rings is 2. The first kappa shape index (κ1) is 29.2. The molecule has 1 saturated heterocycles. The fraction of sp³-hybridized carbons (Fsp3) is 0.469. The van der Waals surface area contributed by atoms with Gasteiger partial charge >= 0.3 is 0 Å². The van der Waals surface area contributed by atoms with E-state index in [9.17, 15) is 4.79 Å². The van der Waals surface area contributed by atoms with E-state index in [1.54, 1.807) is 19.3 Å². The third-order valence-electron chi connectivity index (χ3n) is 8.67. The lowest BCUT2D eigenvalue weighted by Crippen LogP contribution is -2.34. The summed E-state index contributed by atoms with van der Waals surface area (Å²) in [7, 11) is 0. The van der Waals surface area contributed by atoms with Gasteiger partial charge in [-0.15, -0.1) is 0 Å². The largest absolute Gasteiger partial charge is 0.381 e. The Balaban J connectivity index is 1.42. The zero-order valence-electron chi connectivity index (χ0n) is 23.7. The van der Waals surface area contributed by atoms with Gasteiger partial charge in [0.05, 0.1) is 11.9 Å². The summed E-state index contributed by atoms with van der Waals surface area (Å²) >= 11 is 0. The topological polar surface area (TPSA) is 90.1 Å². The first-order chi connectivity index (χ1) is 19.6. The molecule has 2 aromatic heterocycles. The summed E-state index contributed by atoms with van der Waals surface area (Å²) in [6.45, 7) is 6.48. The number of ether oxygens (including phenoxy) is 1. The third kappa shape index (κ3) is 6.16. The lowest BCUT2D eigenvalue weighted by atomic mass is 9.72. The minimum absolute atomic E-state index is 0.0717. The number of halogens is 3. The van der Waals surface area contributed by atoms with Crippen LogP contribution in [0.25, 0.3) is 11.3 Å². The van der Waals surface area contributed by atoms with Crippen molar-refractivity contribution in [2.45, 2.75) is 70.5 Å². The molecule has 2 unspecified atom stereocenters. The Morgan fingerprint density at radius 3 is 2.56 bits per heavy atom. The van der Waals surface area contributed by atoms with Crippen molar-refractivity contribution in [3.63, 3.8) is 0 Å². The molecule has 9 heteroatoms. The van der Waals surface area contributed by atoms with Gasteiger partial charge in [-0.1, -0.05) is 19.9 Å². The van der Waals surface area contributed by atoms with Crippen molar-refractivity contribution in [1.82, 2.24) is 9.97 Å². The number of carbonyl (C=O) groups excluding carboxylic acids is 1. The van der Waals surface area contributed by atoms with Crippen molar-refractivity contribution in [2.75, 3.05) is 18.5 Å². The van der Waals surface area contributed by atoms with Crippen LogP contribution in [-0.2, 0) is 10.4 Å². The molecule has 41 heavy (non-hydrogen) atoms. The Morgan fingerprint density at radius 1 is 1.10 bits per heavy atom. The molecule has 218 valence electrons. The van der Waals surface area contributed by atoms with Gasteiger partial charge in [-0.25, -0.2) is 18.2 Å². The Labute approximate surface area is 238 Å². The van der Waals surface area contributed by atoms with E-state index in [0.717, 1.165) is 37.0 Å². The van der Waals surface area contributed by atoms with Crippen LogP contribution in [0.15, 0.2) is 42.7 Å². The van der Waals surface area contributed by atoms with Crippen molar-refractivity contribution in [3.05, 3.63) is 76.7 Å². The first-order valence-corrected chi connectivity index (χ1v) is 14.3. The maximum absolute atomic E-state index is 15.5. The number of benzene rings is 1. The van der Waals surface area contributed by atoms with Crippen LogP contribution in [0.3, 0.4) is 0 Å². The summed E-state index contributed by atoms with van der Waals surface area (Å²) in [5.74, 6) is -1.02. The molecule has 3 heterocycles. The second kappa shape index (κ2) is 11.9. The molecule has 3 N–H and O–H groups in total. The van der Waals surface area contributed by atoms with Crippen LogP contribution in [-0.4, -0.2) is 35.1 Å². The lowest BCUT2D eigenvalue weighted by Gasteiger charge is -2.36. The van der Waals surface area contributed by atoms with Crippen molar-refractivity contribution in [2.24, 2.45) is 17.6 Å². The normalized spacial score (nSPS) is 22.5. The molecule has 6 nitrogen and oxygen atoms in total. The SMILES string of the molecule is Cc1cc(C2(F)CCOCC2)cc(F)c1-c1nc(C(=O)Nc2cnccc2C2CC(N)C[C@@H](C(C)C)C2)ccc1F. The van der Waals surface area contributed by atoms with Gasteiger partial charge in [0, 0.05) is 43.9 Å². The van der Waals surface area contributed by atoms with Crippen molar-refractivity contribution in [3.8, 4) is 11.3 Å². The maximum atomic E-state index is 15.5. The zero-order chi connectivity index (χ0) is 29.3. The van der Waals surface area contributed by atoms with E-state index in [4.69, 9.17) is 10.5 Å². The fourth-order valence-electron chi connectivity index (χ4n) is 6.29. The number of amides is 1. The van der Waals surface area contributed by atoms with E-state index in [1.807, 2.05) is 6.07 Å². The first-order valence-electron chi connectivity index (χ1n) is 14.3. The minimum atomic E-state index is -1.71. The molecule has 0 bridgehead atoms. The molecular weight excluding hydrogens is 529 g/mol. The number of rotatable bonds is 6. The van der Waals surface area contributed by atoms with Gasteiger partial charge in [-0.05, 0) is 84.9 Å². The Morgan fingerprint density at radius 2 is 1.85 bits per heavy atom. The van der Waals surface area contributed by atoms with Crippen molar-refractivity contribution in [1.29, 1.82) is 0 Å². The van der Waals surface area contributed by atoms with Gasteiger partial charge in [0.1, 0.15) is 28.7 Å². The molecule has 3 aromatic rings. The smallest absolute Gasteiger partial charge is 0.274 e. The molecule has 0 radical (unpaired) electrons. The number of alkyl halides is 1. The highest BCUT2D eigenvalue weighted by Crippen LogP contribution is 2.42. The number of carbonyl (C=O) groups is 1. The molecule has 2 fully saturated rings. The summed E-state index contributed by atoms with van der Waals surface area (Å²) in [6, 6.07) is 6.95. The van der Waals surface area contributed by atoms with Crippen molar-refractivity contribution >= 4 is 11.6 Å². The standard InChI is InChI=1S/C32H37F3N4O2/c1-18(2)20-13-21(15-23(36)14-20)24-6-9-37-17-28(24)39-31(40)27-5-4-25(33)30(38-27)29-19(3)12-22(16-26(29)34)32(35)7-10-41-11-8-32/h4-6,9,12,16-18,20-21,23H,7-8,10-11,13-15,36H2,1-3H3,(H,39,40)/t20-,21?,23?/m0/s1. The summed E-state index contributed by atoms with van der Waals surface area (Å²) in [5, 5.41) is 2.89. The van der Waals surface area contributed by atoms with E-state index in [-0.39, 0.29) is 60.5 Å². The highest BCUT2D eigenvalue weighted by atomic mass is 19.1. The van der Waals surface area contributed by atoms with Crippen LogP contribution >= 0.6 is 0 Å². The predicted octanol–water partition coefficient (Wildman–Crippen LogP) is 6.82. The summed E-state index contributed by atoms with van der Waals surface area (Å²) in [4.78, 5) is 21.8. The zero-order valence-corrected chi connectivity index (χ0v) is 23.7. The molecule has 1 aliphatic heterocycles. The summed E-state index contributed by atoms with van der Waals surface area (Å²) in [6.07, 6.45) is 6.26. The van der Waals surface area contributed by atoms with E-state index in [2.05, 4.69) is 29.1 Å². The molecular formula is C32H37F3N4O2. The Hall–Kier alpha value is -3.30. The molecule has 1 saturated carbocycles. The van der Waals surface area contributed by atoms with Gasteiger partial charge in [0.2, 0.25) is 0 Å². The average molecular weight is 567 g/mol. The predicted molar refractivity (Wildman–Crippen MR) is 152 cm³/mol. The van der Waals surface area contributed by atoms with Crippen LogP contribution in [0.1, 0.15) is 79.0 Å². The van der Waals surface area contributed by atoms with Gasteiger partial charge in [0.25, 0.3) is 5.91 Å². The lowest BCUT2D eigenvalue weighted by molar-refractivity contribution is -0.0116. The summed E-state index contributed by atoms with van der Waals surface area (Å²) < 4.78 is 51.2. The van der Waals surface area contributed by atoms with Gasteiger partial charge in [0.15, 0.2) is 0 Å². The van der Waals surface area contributed by atoms with E-state index < -0.39 is 23.2 Å². The number of nitrogens with zero attached hydrogens (tertiary/aromatic N) is 2. The number of nitrogens with two attached hydrogens (primary N) is 1. The van der Waals surface area contributed by atoms with E-state index >= 15 is 13.2 Å². The molecule has 5 rings (SSSR count). The molecule has 2 aliphatic rings. The van der Waals surface area contributed by atoms with Crippen LogP contribution in [0.4, 0.5) is 18.9 Å². The quantitative estimate of drug-likeness (QED) is 0.342. The molecule has 3 atom stereocenters. The highest BCUT2D eigenvalue weighted by molar-refractivity contribution is 6.03. The third-order valence-corrected chi connectivity index (χ3v) is 8.67. The fourth-order valence-corrected chi connectivity index (χ4v) is 6.29. The number of nitrogens with one attached hydrogen (secondary N) is 1. The van der Waals surface area contributed by atoms with E-state index in [0.29, 0.717) is 23.1 Å². The maximum Gasteiger partial charge on any atom is 0.274 e. The molecule has 0 spiro atoms. The monoisotopic (exact) mass is 566 g/mol. The Bertz CT molecular complexity index is 1400. The molecule has 1 aliphatic carbocycles. The number of anilines is 1. The highest BCUT2D eigenvalue weighted by Gasteiger charge is 2.36. The Kier molecular flexibility index (Phi) is 8.47. The average Bonchev–Trinajstić information content (AvgIpc) is 2.94. The van der Waals surface area contributed by atoms with Gasteiger partial charge in [-0.2, -0.15) is 0 Å². The van der Waals surface area contributed by atoms with E-state index in [1.165, 1.54) is 12.1 Å². The minimum Gasteiger partial charge on any atom is -0.381 e. The second-order valence-corrected chi connectivity index (χ2v) is 11.8. The number of aryl methyl sites for hydroxylation is 1. The van der Waals surface area contributed by atoms with Gasteiger partial charge < -0.3 is 15.8 Å². The van der Waals surface area contributed by atoms with Crippen LogP contribution in [0, 0.1) is 30.4 Å². The number of hydrogen-bond donors (Lipinski definition) is 2. The van der Waals surface area contributed by atoms with Crippen molar-refractivity contribution < 1.29 is 22.7 Å². The number of hydrogen-bond acceptors (Lipinski definition) is 5. The van der Waals surface area contributed by atoms with Gasteiger partial charge in [-0.3, -0.25) is 9.78 Å². The second-order valence-electron chi connectivity index (χ2n) is 11.8. The van der Waals surface area contributed by atoms with Crippen LogP contribution < -0.4 is 11.1 Å². The number of aromatic nitrogens is 2. The van der Waals surface area contributed by atoms with Crippen LogP contribution in [0.2, 0.25) is 0 Å². The molecule has 1 aromatic carbocycles. The molecule has 1 amide bonds.